The fourth-order valence-corrected chi connectivity index (χ4v) is 0.675. The molecule has 0 aliphatic heterocycles. The van der Waals surface area contributed by atoms with Gasteiger partial charge in [-0.25, -0.2) is 0 Å². The molecular weight excluding hydrogens is 126 g/mol. The standard InChI is InChI=1S/C6H7P.Na/c7-6-4-2-1-3-5-6;/h1-5H,7H2;. The molecule has 0 saturated carbocycles. The fourth-order valence-electron chi connectivity index (χ4n) is 0.453. The van der Waals surface area contributed by atoms with Crippen LogP contribution in [0.1, 0.15) is 0 Å². The third kappa shape index (κ3) is 2.84. The maximum Gasteiger partial charge on any atom is 0 e. The second-order valence-electron chi connectivity index (χ2n) is 1.41. The minimum Gasteiger partial charge on any atom is -0.106 e. The Bertz CT molecular complexity index is 138. The Labute approximate surface area is 74.2 Å². The molecule has 0 amide bonds. The third-order valence-corrected chi connectivity index (χ3v) is 1.18. The van der Waals surface area contributed by atoms with E-state index >= 15 is 0 Å². The van der Waals surface area contributed by atoms with Crippen molar-refractivity contribution in [3.05, 3.63) is 30.3 Å². The van der Waals surface area contributed by atoms with E-state index in [1.54, 1.807) is 0 Å². The summed E-state index contributed by atoms with van der Waals surface area (Å²) in [4.78, 5) is 0. The van der Waals surface area contributed by atoms with Crippen molar-refractivity contribution in [1.29, 1.82) is 0 Å². The summed E-state index contributed by atoms with van der Waals surface area (Å²) in [5.41, 5.74) is 0. The van der Waals surface area contributed by atoms with Crippen LogP contribution in [0.5, 0.6) is 0 Å². The van der Waals surface area contributed by atoms with Crippen molar-refractivity contribution >= 4 is 44.1 Å². The molecule has 1 atom stereocenters. The maximum atomic E-state index is 2.63. The largest absolute Gasteiger partial charge is 0.106 e. The summed E-state index contributed by atoms with van der Waals surface area (Å²) in [5.74, 6) is 0. The summed E-state index contributed by atoms with van der Waals surface area (Å²) in [6.07, 6.45) is 0. The SMILES string of the molecule is Pc1ccccc1.[Na]. The first-order valence-corrected chi connectivity index (χ1v) is 2.78. The molecule has 0 aliphatic rings. The van der Waals surface area contributed by atoms with Gasteiger partial charge in [0, 0.05) is 29.6 Å². The van der Waals surface area contributed by atoms with Crippen molar-refractivity contribution in [3.63, 3.8) is 0 Å². The molecule has 1 unspecified atom stereocenters. The Morgan fingerprint density at radius 1 is 1.00 bits per heavy atom. The zero-order valence-electron chi connectivity index (χ0n) is 4.96. The molecule has 0 saturated heterocycles. The van der Waals surface area contributed by atoms with Crippen molar-refractivity contribution in [3.8, 4) is 0 Å². The van der Waals surface area contributed by atoms with E-state index in [0.29, 0.717) is 0 Å². The smallest absolute Gasteiger partial charge is 0 e. The van der Waals surface area contributed by atoms with Crippen LogP contribution in [0.3, 0.4) is 0 Å². The van der Waals surface area contributed by atoms with Crippen LogP contribution in [0.2, 0.25) is 0 Å². The minimum absolute atomic E-state index is 0. The zero-order valence-corrected chi connectivity index (χ0v) is 8.12. The first-order chi connectivity index (χ1) is 3.39. The Morgan fingerprint density at radius 2 is 1.50 bits per heavy atom. The van der Waals surface area contributed by atoms with Crippen molar-refractivity contribution in [1.82, 2.24) is 0 Å². The quantitative estimate of drug-likeness (QED) is 0.363. The van der Waals surface area contributed by atoms with Gasteiger partial charge in [0.1, 0.15) is 0 Å². The van der Waals surface area contributed by atoms with Crippen LogP contribution < -0.4 is 5.30 Å². The van der Waals surface area contributed by atoms with Crippen molar-refractivity contribution in [2.24, 2.45) is 0 Å². The van der Waals surface area contributed by atoms with Crippen LogP contribution in [-0.2, 0) is 0 Å². The van der Waals surface area contributed by atoms with Gasteiger partial charge >= 0.3 is 0 Å². The predicted molar refractivity (Wildman–Crippen MR) is 41.5 cm³/mol. The molecule has 0 N–H and O–H groups in total. The molecule has 0 fully saturated rings. The first kappa shape index (κ1) is 8.65. The number of hydrogen-bond acceptors (Lipinski definition) is 0. The molecular formula is C6H7NaP. The van der Waals surface area contributed by atoms with Gasteiger partial charge < -0.3 is 0 Å². The summed E-state index contributed by atoms with van der Waals surface area (Å²) < 4.78 is 0. The van der Waals surface area contributed by atoms with Gasteiger partial charge in [-0.15, -0.1) is 9.24 Å². The molecule has 1 aromatic carbocycles. The number of rotatable bonds is 0. The topological polar surface area (TPSA) is 0 Å². The van der Waals surface area contributed by atoms with E-state index in [2.05, 4.69) is 9.24 Å². The Morgan fingerprint density at radius 3 is 1.75 bits per heavy atom. The molecule has 0 heterocycles. The van der Waals surface area contributed by atoms with Gasteiger partial charge in [0.25, 0.3) is 0 Å². The van der Waals surface area contributed by atoms with E-state index in [0.717, 1.165) is 0 Å². The summed E-state index contributed by atoms with van der Waals surface area (Å²) in [6, 6.07) is 10.1. The van der Waals surface area contributed by atoms with E-state index in [-0.39, 0.29) is 29.6 Å². The Hall–Kier alpha value is 0.650. The van der Waals surface area contributed by atoms with Crippen molar-refractivity contribution in [2.45, 2.75) is 0 Å². The van der Waals surface area contributed by atoms with Gasteiger partial charge in [0.05, 0.1) is 0 Å². The average Bonchev–Trinajstić information content (AvgIpc) is 1.69. The fraction of sp³-hybridized carbons (Fsp3) is 0. The van der Waals surface area contributed by atoms with Gasteiger partial charge in [0.2, 0.25) is 0 Å². The van der Waals surface area contributed by atoms with Crippen molar-refractivity contribution < 1.29 is 0 Å². The van der Waals surface area contributed by atoms with Crippen LogP contribution in [-0.4, -0.2) is 29.6 Å². The molecule has 8 heavy (non-hydrogen) atoms. The zero-order chi connectivity index (χ0) is 5.11. The first-order valence-electron chi connectivity index (χ1n) is 2.20. The van der Waals surface area contributed by atoms with Gasteiger partial charge in [0.15, 0.2) is 0 Å². The van der Waals surface area contributed by atoms with Crippen molar-refractivity contribution in [2.75, 3.05) is 0 Å². The predicted octanol–water partition coefficient (Wildman–Crippen LogP) is 0.806. The van der Waals surface area contributed by atoms with Crippen LogP contribution in [0.25, 0.3) is 0 Å². The molecule has 0 bridgehead atoms. The molecule has 2 heteroatoms. The van der Waals surface area contributed by atoms with Gasteiger partial charge in [-0.1, -0.05) is 30.3 Å². The normalized spacial score (nSPS) is 7.62. The molecule has 37 valence electrons. The molecule has 0 aliphatic carbocycles. The van der Waals surface area contributed by atoms with Crippen LogP contribution in [0, 0.1) is 0 Å². The third-order valence-electron chi connectivity index (χ3n) is 0.800. The summed E-state index contributed by atoms with van der Waals surface area (Å²) in [6.45, 7) is 0. The van der Waals surface area contributed by atoms with Crippen LogP contribution in [0.4, 0.5) is 0 Å². The Balaban J connectivity index is 0.000000490. The average molecular weight is 133 g/mol. The van der Waals surface area contributed by atoms with Gasteiger partial charge in [-0.2, -0.15) is 0 Å². The molecule has 1 aromatic rings. The van der Waals surface area contributed by atoms with E-state index in [9.17, 15) is 0 Å². The van der Waals surface area contributed by atoms with Crippen LogP contribution >= 0.6 is 9.24 Å². The molecule has 0 nitrogen and oxygen atoms in total. The molecule has 1 radical (unpaired) electrons. The monoisotopic (exact) mass is 133 g/mol. The van der Waals surface area contributed by atoms with Gasteiger partial charge in [-0.3, -0.25) is 0 Å². The van der Waals surface area contributed by atoms with E-state index in [1.807, 2.05) is 30.3 Å². The maximum absolute atomic E-state index is 2.63. The van der Waals surface area contributed by atoms with E-state index < -0.39 is 0 Å². The number of benzene rings is 1. The molecule has 0 aromatic heterocycles. The summed E-state index contributed by atoms with van der Waals surface area (Å²) in [5, 5.41) is 1.24. The summed E-state index contributed by atoms with van der Waals surface area (Å²) in [7, 11) is 2.63. The Kier molecular flexibility index (Phi) is 4.89. The van der Waals surface area contributed by atoms with Crippen LogP contribution in [0.15, 0.2) is 30.3 Å². The summed E-state index contributed by atoms with van der Waals surface area (Å²) >= 11 is 0. The number of hydrogen-bond donors (Lipinski definition) is 0. The second-order valence-corrected chi connectivity index (χ2v) is 2.08. The van der Waals surface area contributed by atoms with E-state index in [1.165, 1.54) is 5.30 Å². The molecule has 0 spiro atoms. The van der Waals surface area contributed by atoms with E-state index in [4.69, 9.17) is 0 Å². The molecule has 1 rings (SSSR count). The van der Waals surface area contributed by atoms with Gasteiger partial charge in [-0.05, 0) is 5.30 Å². The minimum atomic E-state index is 0. The second kappa shape index (κ2) is 4.52.